The van der Waals surface area contributed by atoms with E-state index in [9.17, 15) is 9.59 Å². The molecule has 0 unspecified atom stereocenters. The van der Waals surface area contributed by atoms with E-state index in [1.165, 1.54) is 0 Å². The van der Waals surface area contributed by atoms with Gasteiger partial charge in [-0.25, -0.2) is 0 Å². The molecule has 0 aliphatic heterocycles. The zero-order valence-corrected chi connectivity index (χ0v) is 13.0. The van der Waals surface area contributed by atoms with Gasteiger partial charge in [-0.15, -0.1) is 0 Å². The highest BCUT2D eigenvalue weighted by Gasteiger charge is 2.28. The molecule has 1 aliphatic carbocycles. The first-order valence-electron chi connectivity index (χ1n) is 7.80. The Morgan fingerprint density at radius 3 is 2.83 bits per heavy atom. The average Bonchev–Trinajstić information content (AvgIpc) is 3.30. The van der Waals surface area contributed by atoms with E-state index in [-0.39, 0.29) is 18.1 Å². The molecule has 1 aromatic heterocycles. The van der Waals surface area contributed by atoms with Crippen LogP contribution >= 0.6 is 0 Å². The van der Waals surface area contributed by atoms with Gasteiger partial charge in [0.25, 0.3) is 5.91 Å². The summed E-state index contributed by atoms with van der Waals surface area (Å²) in [6.45, 7) is 1.91. The highest BCUT2D eigenvalue weighted by molar-refractivity contribution is 5.98. The van der Waals surface area contributed by atoms with Gasteiger partial charge in [0.1, 0.15) is 5.76 Å². The van der Waals surface area contributed by atoms with E-state index in [4.69, 9.17) is 4.52 Å². The topological polar surface area (TPSA) is 84.2 Å². The number of aryl methyl sites for hydroxylation is 1. The summed E-state index contributed by atoms with van der Waals surface area (Å²) in [5.41, 5.74) is 2.04. The van der Waals surface area contributed by atoms with Crippen LogP contribution in [0.1, 0.15) is 47.5 Å². The highest BCUT2D eigenvalue weighted by Crippen LogP contribution is 2.40. The van der Waals surface area contributed by atoms with Crippen LogP contribution in [0.25, 0.3) is 0 Å². The summed E-state index contributed by atoms with van der Waals surface area (Å²) in [6.07, 6.45) is 2.98. The quantitative estimate of drug-likeness (QED) is 0.858. The number of amides is 2. The second kappa shape index (κ2) is 6.64. The molecule has 0 atom stereocenters. The smallest absolute Gasteiger partial charge is 0.273 e. The molecule has 1 saturated carbocycles. The van der Waals surface area contributed by atoms with E-state index in [1.807, 2.05) is 31.2 Å². The third-order valence-corrected chi connectivity index (χ3v) is 3.82. The zero-order valence-electron chi connectivity index (χ0n) is 13.0. The second-order valence-corrected chi connectivity index (χ2v) is 5.63. The van der Waals surface area contributed by atoms with E-state index in [0.717, 1.165) is 36.3 Å². The molecule has 3 rings (SSSR count). The Kier molecular flexibility index (Phi) is 4.41. The van der Waals surface area contributed by atoms with E-state index in [2.05, 4.69) is 15.8 Å². The lowest BCUT2D eigenvalue weighted by Gasteiger charge is -2.09. The number of hydrogen-bond acceptors (Lipinski definition) is 4. The monoisotopic (exact) mass is 313 g/mol. The van der Waals surface area contributed by atoms with Gasteiger partial charge in [-0.2, -0.15) is 0 Å². The number of aromatic nitrogens is 1. The van der Waals surface area contributed by atoms with Gasteiger partial charge in [0.15, 0.2) is 5.69 Å². The predicted octanol–water partition coefficient (Wildman–Crippen LogP) is 2.48. The molecule has 6 nitrogen and oxygen atoms in total. The second-order valence-electron chi connectivity index (χ2n) is 5.63. The van der Waals surface area contributed by atoms with Gasteiger partial charge in [0.2, 0.25) is 5.91 Å². The van der Waals surface area contributed by atoms with Crippen LogP contribution in [0.4, 0.5) is 5.69 Å². The zero-order chi connectivity index (χ0) is 16.2. The summed E-state index contributed by atoms with van der Waals surface area (Å²) in [7, 11) is 0. The maximum Gasteiger partial charge on any atom is 0.273 e. The molecule has 2 amide bonds. The van der Waals surface area contributed by atoms with E-state index >= 15 is 0 Å². The summed E-state index contributed by atoms with van der Waals surface area (Å²) in [5.74, 6) is 0.471. The van der Waals surface area contributed by atoms with Crippen molar-refractivity contribution in [2.45, 2.75) is 32.1 Å². The fraction of sp³-hybridized carbons (Fsp3) is 0.353. The first-order chi connectivity index (χ1) is 11.2. The van der Waals surface area contributed by atoms with Gasteiger partial charge in [-0.05, 0) is 30.9 Å². The lowest BCUT2D eigenvalue weighted by molar-refractivity contribution is -0.115. The van der Waals surface area contributed by atoms with Crippen molar-refractivity contribution in [2.75, 3.05) is 11.9 Å². The van der Waals surface area contributed by atoms with Gasteiger partial charge in [0, 0.05) is 17.7 Å². The Balaban J connectivity index is 1.52. The Labute approximate surface area is 134 Å². The van der Waals surface area contributed by atoms with Crippen molar-refractivity contribution in [1.82, 2.24) is 10.5 Å². The molecule has 0 spiro atoms. The van der Waals surface area contributed by atoms with Crippen molar-refractivity contribution in [3.63, 3.8) is 0 Å². The lowest BCUT2D eigenvalue weighted by Crippen LogP contribution is -2.33. The van der Waals surface area contributed by atoms with Crippen molar-refractivity contribution in [3.8, 4) is 0 Å². The number of carbonyl (C=O) groups is 2. The minimum Gasteiger partial charge on any atom is -0.360 e. The number of anilines is 1. The molecule has 0 saturated heterocycles. The van der Waals surface area contributed by atoms with Crippen LogP contribution in [-0.2, 0) is 11.2 Å². The maximum absolute atomic E-state index is 12.0. The Morgan fingerprint density at radius 2 is 2.09 bits per heavy atom. The number of nitrogens with one attached hydrogen (secondary N) is 2. The summed E-state index contributed by atoms with van der Waals surface area (Å²) in [5, 5.41) is 9.11. The number of hydrogen-bond donors (Lipinski definition) is 2. The largest absolute Gasteiger partial charge is 0.360 e. The molecule has 1 heterocycles. The molecular weight excluding hydrogens is 294 g/mol. The minimum absolute atomic E-state index is 0.109. The molecule has 0 bridgehead atoms. The molecular formula is C17H19N3O3. The SMILES string of the molecule is CCc1ccccc1NC(=O)CNC(=O)c1cc(C2CC2)on1. The number of nitrogens with zero attached hydrogens (tertiary/aromatic N) is 1. The fourth-order valence-electron chi connectivity index (χ4n) is 2.35. The normalized spacial score (nSPS) is 13.6. The molecule has 1 fully saturated rings. The van der Waals surface area contributed by atoms with Gasteiger partial charge in [0.05, 0.1) is 6.54 Å². The third-order valence-electron chi connectivity index (χ3n) is 3.82. The number of rotatable bonds is 6. The van der Waals surface area contributed by atoms with Crippen LogP contribution in [0.5, 0.6) is 0 Å². The first kappa shape index (κ1) is 15.3. The van der Waals surface area contributed by atoms with Crippen LogP contribution in [0.3, 0.4) is 0 Å². The van der Waals surface area contributed by atoms with Gasteiger partial charge < -0.3 is 15.2 Å². The van der Waals surface area contributed by atoms with E-state index in [1.54, 1.807) is 6.07 Å². The van der Waals surface area contributed by atoms with Crippen LogP contribution in [-0.4, -0.2) is 23.5 Å². The first-order valence-corrected chi connectivity index (χ1v) is 7.80. The lowest BCUT2D eigenvalue weighted by atomic mass is 10.1. The molecule has 2 aromatic rings. The van der Waals surface area contributed by atoms with E-state index < -0.39 is 5.91 Å². The predicted molar refractivity (Wildman–Crippen MR) is 85.3 cm³/mol. The van der Waals surface area contributed by atoms with Crippen molar-refractivity contribution in [2.24, 2.45) is 0 Å². The molecule has 0 radical (unpaired) electrons. The van der Waals surface area contributed by atoms with Crippen molar-refractivity contribution >= 4 is 17.5 Å². The number of carbonyl (C=O) groups excluding carboxylic acids is 2. The molecule has 1 aromatic carbocycles. The maximum atomic E-state index is 12.0. The van der Waals surface area contributed by atoms with Crippen molar-refractivity contribution in [3.05, 3.63) is 47.3 Å². The standard InChI is InChI=1S/C17H19N3O3/c1-2-11-5-3-4-6-13(11)19-16(21)10-18-17(22)14-9-15(23-20-14)12-7-8-12/h3-6,9,12H,2,7-8,10H2,1H3,(H,18,22)(H,19,21). The fourth-order valence-corrected chi connectivity index (χ4v) is 2.35. The van der Waals surface area contributed by atoms with Gasteiger partial charge in [-0.1, -0.05) is 30.3 Å². The van der Waals surface area contributed by atoms with Crippen molar-refractivity contribution in [1.29, 1.82) is 0 Å². The summed E-state index contributed by atoms with van der Waals surface area (Å²) < 4.78 is 5.13. The Morgan fingerprint density at radius 1 is 1.30 bits per heavy atom. The minimum atomic E-state index is -0.403. The molecule has 120 valence electrons. The molecule has 2 N–H and O–H groups in total. The van der Waals surface area contributed by atoms with Crippen LogP contribution in [0.2, 0.25) is 0 Å². The highest BCUT2D eigenvalue weighted by atomic mass is 16.5. The summed E-state index contributed by atoms with van der Waals surface area (Å²) >= 11 is 0. The molecule has 1 aliphatic rings. The molecule has 23 heavy (non-hydrogen) atoms. The Bertz CT molecular complexity index is 719. The van der Waals surface area contributed by atoms with Crippen LogP contribution in [0.15, 0.2) is 34.9 Å². The summed E-state index contributed by atoms with van der Waals surface area (Å²) in [6, 6.07) is 9.25. The van der Waals surface area contributed by atoms with Gasteiger partial charge in [-0.3, -0.25) is 9.59 Å². The molecule has 6 heteroatoms. The van der Waals surface area contributed by atoms with E-state index in [0.29, 0.717) is 5.92 Å². The number of benzene rings is 1. The number of para-hydroxylation sites is 1. The third kappa shape index (κ3) is 3.77. The van der Waals surface area contributed by atoms with Gasteiger partial charge >= 0.3 is 0 Å². The van der Waals surface area contributed by atoms with Crippen LogP contribution < -0.4 is 10.6 Å². The average molecular weight is 313 g/mol. The summed E-state index contributed by atoms with van der Waals surface area (Å²) in [4.78, 5) is 23.9. The van der Waals surface area contributed by atoms with Crippen molar-refractivity contribution < 1.29 is 14.1 Å². The Hall–Kier alpha value is -2.63. The van der Waals surface area contributed by atoms with Crippen LogP contribution in [0, 0.1) is 0 Å².